The molecule has 0 N–H and O–H groups in total. The highest BCUT2D eigenvalue weighted by molar-refractivity contribution is 7.90. The number of piperazine rings is 1. The molecule has 0 aliphatic carbocycles. The highest BCUT2D eigenvalue weighted by atomic mass is 32.2. The number of hydrogen-bond acceptors (Lipinski definition) is 5. The van der Waals surface area contributed by atoms with Crippen LogP contribution in [0.3, 0.4) is 0 Å². The van der Waals surface area contributed by atoms with Crippen LogP contribution in [0.2, 0.25) is 0 Å². The van der Waals surface area contributed by atoms with Gasteiger partial charge in [0.1, 0.15) is 0 Å². The molecule has 2 aromatic carbocycles. The monoisotopic (exact) mass is 445 g/mol. The molecule has 1 saturated heterocycles. The Morgan fingerprint density at radius 2 is 1.61 bits per heavy atom. The first-order valence-electron chi connectivity index (χ1n) is 10.5. The summed E-state index contributed by atoms with van der Waals surface area (Å²) in [6.07, 6.45) is 0. The molecule has 0 radical (unpaired) electrons. The van der Waals surface area contributed by atoms with Crippen LogP contribution >= 0.6 is 0 Å². The van der Waals surface area contributed by atoms with Gasteiger partial charge in [-0.1, -0.05) is 37.3 Å². The van der Waals surface area contributed by atoms with Crippen LogP contribution < -0.4 is 4.31 Å². The fourth-order valence-electron chi connectivity index (χ4n) is 4.19. The zero-order valence-electron chi connectivity index (χ0n) is 18.6. The number of para-hydroxylation sites is 1. The third kappa shape index (κ3) is 5.08. The summed E-state index contributed by atoms with van der Waals surface area (Å²) in [6.45, 7) is 8.21. The molecular weight excluding hydrogens is 414 g/mol. The van der Waals surface area contributed by atoms with Crippen molar-refractivity contribution in [1.82, 2.24) is 9.21 Å². The van der Waals surface area contributed by atoms with Crippen molar-refractivity contribution in [2.24, 2.45) is 0 Å². The summed E-state index contributed by atoms with van der Waals surface area (Å²) >= 11 is 0. The second-order valence-corrected chi connectivity index (χ2v) is 9.74. The van der Waals surface area contributed by atoms with Crippen molar-refractivity contribution in [2.75, 3.05) is 31.0 Å². The van der Waals surface area contributed by atoms with Crippen molar-refractivity contribution in [3.05, 3.63) is 65.7 Å². The number of ether oxygens (including phenoxy) is 1. The maximum absolute atomic E-state index is 13.8. The van der Waals surface area contributed by atoms with Gasteiger partial charge in [-0.25, -0.2) is 4.79 Å². The number of methoxy groups -OCH3 is 1. The lowest BCUT2D eigenvalue weighted by atomic mass is 10.1. The molecule has 1 aliphatic heterocycles. The molecule has 0 unspecified atom stereocenters. The van der Waals surface area contributed by atoms with Gasteiger partial charge >= 0.3 is 16.2 Å². The smallest absolute Gasteiger partial charge is 0.337 e. The Kier molecular flexibility index (Phi) is 7.35. The van der Waals surface area contributed by atoms with Crippen LogP contribution in [-0.4, -0.2) is 62.4 Å². The van der Waals surface area contributed by atoms with Crippen LogP contribution in [0.15, 0.2) is 54.6 Å². The molecule has 1 heterocycles. The third-order valence-electron chi connectivity index (χ3n) is 5.78. The van der Waals surface area contributed by atoms with Crippen LogP contribution in [0.1, 0.15) is 36.7 Å². The van der Waals surface area contributed by atoms with Crippen molar-refractivity contribution in [3.8, 4) is 0 Å². The van der Waals surface area contributed by atoms with E-state index >= 15 is 0 Å². The van der Waals surface area contributed by atoms with Crippen LogP contribution in [0.5, 0.6) is 0 Å². The second-order valence-electron chi connectivity index (χ2n) is 7.88. The summed E-state index contributed by atoms with van der Waals surface area (Å²) in [4.78, 5) is 14.0. The van der Waals surface area contributed by atoms with Gasteiger partial charge in [0.15, 0.2) is 0 Å². The van der Waals surface area contributed by atoms with E-state index in [1.807, 2.05) is 18.2 Å². The molecule has 1 fully saturated rings. The average molecular weight is 446 g/mol. The Morgan fingerprint density at radius 1 is 1.03 bits per heavy atom. The van der Waals surface area contributed by atoms with Crippen molar-refractivity contribution < 1.29 is 17.9 Å². The lowest BCUT2D eigenvalue weighted by Crippen LogP contribution is -2.60. The normalized spacial score (nSPS) is 20.4. The molecule has 0 spiro atoms. The van der Waals surface area contributed by atoms with E-state index in [4.69, 9.17) is 4.74 Å². The predicted octanol–water partition coefficient (Wildman–Crippen LogP) is 3.14. The number of anilines is 1. The topological polar surface area (TPSA) is 70.2 Å². The molecule has 3 rings (SSSR count). The molecule has 7 nitrogen and oxygen atoms in total. The first-order valence-corrected chi connectivity index (χ1v) is 11.9. The fourth-order valence-corrected chi connectivity index (χ4v) is 5.98. The summed E-state index contributed by atoms with van der Waals surface area (Å²) in [5, 5.41) is 0. The number of rotatable bonds is 7. The van der Waals surface area contributed by atoms with E-state index in [0.717, 1.165) is 12.1 Å². The standard InChI is InChI=1S/C23H31N3O4S/c1-5-25-18(2)15-24(16-19(25)3)31(28,29)26(22-9-7-6-8-10-22)17-20-11-13-21(14-12-20)23(27)30-4/h6-14,18-19H,5,15-17H2,1-4H3/t18-,19+. The number of nitrogens with zero attached hydrogens (tertiary/aromatic N) is 3. The predicted molar refractivity (Wildman–Crippen MR) is 122 cm³/mol. The number of esters is 1. The lowest BCUT2D eigenvalue weighted by Gasteiger charge is -2.44. The molecule has 8 heteroatoms. The summed E-state index contributed by atoms with van der Waals surface area (Å²) in [7, 11) is -2.42. The minimum absolute atomic E-state index is 0.139. The Labute approximate surface area is 185 Å². The number of carbonyl (C=O) groups is 1. The largest absolute Gasteiger partial charge is 0.465 e. The van der Waals surface area contributed by atoms with Crippen LogP contribution in [-0.2, 0) is 21.5 Å². The molecule has 0 aromatic heterocycles. The third-order valence-corrected chi connectivity index (χ3v) is 7.63. The van der Waals surface area contributed by atoms with Gasteiger partial charge in [-0.05, 0) is 50.2 Å². The number of benzene rings is 2. The van der Waals surface area contributed by atoms with E-state index in [0.29, 0.717) is 24.3 Å². The first kappa shape index (κ1) is 23.2. The van der Waals surface area contributed by atoms with Gasteiger partial charge in [-0.2, -0.15) is 12.7 Å². The van der Waals surface area contributed by atoms with Crippen molar-refractivity contribution in [1.29, 1.82) is 0 Å². The van der Waals surface area contributed by atoms with Gasteiger partial charge in [0.05, 0.1) is 24.9 Å². The molecule has 1 aliphatic rings. The van der Waals surface area contributed by atoms with Gasteiger partial charge in [0, 0.05) is 25.2 Å². The van der Waals surface area contributed by atoms with Crippen molar-refractivity contribution >= 4 is 21.9 Å². The highest BCUT2D eigenvalue weighted by Gasteiger charge is 2.38. The maximum atomic E-state index is 13.8. The van der Waals surface area contributed by atoms with Crippen LogP contribution in [0.4, 0.5) is 5.69 Å². The summed E-state index contributed by atoms with van der Waals surface area (Å²) in [5.74, 6) is -0.421. The van der Waals surface area contributed by atoms with E-state index in [2.05, 4.69) is 25.7 Å². The summed E-state index contributed by atoms with van der Waals surface area (Å²) in [5.41, 5.74) is 1.82. The number of hydrogen-bond donors (Lipinski definition) is 0. The number of carbonyl (C=O) groups excluding carboxylic acids is 1. The van der Waals surface area contributed by atoms with Crippen molar-refractivity contribution in [2.45, 2.75) is 39.4 Å². The Morgan fingerprint density at radius 3 is 2.13 bits per heavy atom. The maximum Gasteiger partial charge on any atom is 0.337 e. The molecule has 0 amide bonds. The number of likely N-dealkylation sites (N-methyl/N-ethyl adjacent to an activating group) is 1. The average Bonchev–Trinajstić information content (AvgIpc) is 2.77. The Bertz CT molecular complexity index is 968. The zero-order valence-corrected chi connectivity index (χ0v) is 19.4. The Hall–Kier alpha value is -2.42. The lowest BCUT2D eigenvalue weighted by molar-refractivity contribution is 0.0600. The van der Waals surface area contributed by atoms with E-state index in [1.165, 1.54) is 11.4 Å². The van der Waals surface area contributed by atoms with Crippen LogP contribution in [0, 0.1) is 0 Å². The van der Waals surface area contributed by atoms with Crippen LogP contribution in [0.25, 0.3) is 0 Å². The SMILES string of the molecule is CCN1[C@H](C)CN(S(=O)(=O)N(Cc2ccc(C(=O)OC)cc2)c2ccccc2)C[C@@H]1C. The quantitative estimate of drug-likeness (QED) is 0.613. The fraction of sp³-hybridized carbons (Fsp3) is 0.435. The van der Waals surface area contributed by atoms with E-state index in [1.54, 1.807) is 40.7 Å². The summed E-state index contributed by atoms with van der Waals surface area (Å²) < 4.78 is 35.3. The van der Waals surface area contributed by atoms with E-state index < -0.39 is 16.2 Å². The molecule has 0 saturated carbocycles. The van der Waals surface area contributed by atoms with E-state index in [9.17, 15) is 13.2 Å². The molecule has 168 valence electrons. The van der Waals surface area contributed by atoms with Gasteiger partial charge < -0.3 is 4.74 Å². The zero-order chi connectivity index (χ0) is 22.6. The van der Waals surface area contributed by atoms with Crippen molar-refractivity contribution in [3.63, 3.8) is 0 Å². The molecule has 0 bridgehead atoms. The van der Waals surface area contributed by atoms with Gasteiger partial charge in [-0.3, -0.25) is 9.21 Å². The molecule has 2 aromatic rings. The minimum Gasteiger partial charge on any atom is -0.465 e. The first-order chi connectivity index (χ1) is 14.8. The molecule has 2 atom stereocenters. The molecule has 31 heavy (non-hydrogen) atoms. The Balaban J connectivity index is 1.91. The second kappa shape index (κ2) is 9.80. The minimum atomic E-state index is -3.76. The van der Waals surface area contributed by atoms with Gasteiger partial charge in [-0.15, -0.1) is 0 Å². The highest BCUT2D eigenvalue weighted by Crippen LogP contribution is 2.26. The molecular formula is C23H31N3O4S. The van der Waals surface area contributed by atoms with Gasteiger partial charge in [0.2, 0.25) is 0 Å². The van der Waals surface area contributed by atoms with Gasteiger partial charge in [0.25, 0.3) is 0 Å². The summed E-state index contributed by atoms with van der Waals surface area (Å²) in [6, 6.07) is 16.2. The van der Waals surface area contributed by atoms with E-state index in [-0.39, 0.29) is 18.6 Å².